The molecule has 0 saturated carbocycles. The minimum absolute atomic E-state index is 0.00746. The van der Waals surface area contributed by atoms with Crippen LogP contribution in [0, 0.1) is 5.92 Å². The number of nitrogens with zero attached hydrogens (tertiary/aromatic N) is 2. The number of carbonyl (C=O) groups excluding carboxylic acids is 2. The summed E-state index contributed by atoms with van der Waals surface area (Å²) in [6.07, 6.45) is 3.68. The first-order chi connectivity index (χ1) is 9.78. The van der Waals surface area contributed by atoms with Gasteiger partial charge in [-0.05, 0) is 33.6 Å². The molecular weight excluding hydrogens is 270 g/mol. The van der Waals surface area contributed by atoms with Gasteiger partial charge >= 0.3 is 6.09 Å². The van der Waals surface area contributed by atoms with Gasteiger partial charge in [-0.1, -0.05) is 0 Å². The van der Waals surface area contributed by atoms with Crippen LogP contribution in [-0.4, -0.2) is 48.7 Å². The number of carbonyl (C=O) groups is 2. The third-order valence-corrected chi connectivity index (χ3v) is 3.25. The quantitative estimate of drug-likeness (QED) is 0.635. The topological polar surface area (TPSA) is 85.0 Å². The number of rotatable bonds is 3. The van der Waals surface area contributed by atoms with Gasteiger partial charge in [0.1, 0.15) is 5.60 Å². The summed E-state index contributed by atoms with van der Waals surface area (Å²) in [6, 6.07) is 0. The van der Waals surface area contributed by atoms with Gasteiger partial charge in [0.15, 0.2) is 5.78 Å². The number of likely N-dealkylation sites (tertiary alicyclic amines) is 1. The van der Waals surface area contributed by atoms with Gasteiger partial charge in [-0.2, -0.15) is 0 Å². The van der Waals surface area contributed by atoms with Crippen LogP contribution >= 0.6 is 0 Å². The summed E-state index contributed by atoms with van der Waals surface area (Å²) in [4.78, 5) is 29.7. The maximum Gasteiger partial charge on any atom is 0.410 e. The summed E-state index contributed by atoms with van der Waals surface area (Å²) in [5.74, 6) is -0.122. The van der Waals surface area contributed by atoms with Crippen LogP contribution in [0.5, 0.6) is 0 Å². The first-order valence-electron chi connectivity index (χ1n) is 7.14. The highest BCUT2D eigenvalue weighted by Gasteiger charge is 2.30. The van der Waals surface area contributed by atoms with Gasteiger partial charge in [-0.3, -0.25) is 9.79 Å². The van der Waals surface area contributed by atoms with E-state index in [1.807, 2.05) is 20.8 Å². The Labute approximate surface area is 126 Å². The van der Waals surface area contributed by atoms with Crippen LogP contribution in [0.2, 0.25) is 0 Å². The number of Topliss-reactive ketones (excluding diaryl/α,β-unsaturated/α-hetero) is 1. The second-order valence-corrected chi connectivity index (χ2v) is 6.12. The Kier molecular flexibility index (Phi) is 5.93. The molecule has 0 radical (unpaired) electrons. The van der Waals surface area contributed by atoms with Crippen molar-refractivity contribution in [1.29, 1.82) is 0 Å². The average Bonchev–Trinajstić information content (AvgIpc) is 2.42. The van der Waals surface area contributed by atoms with Crippen LogP contribution in [0.3, 0.4) is 0 Å². The molecule has 0 spiro atoms. The molecule has 1 aliphatic heterocycles. The van der Waals surface area contributed by atoms with E-state index in [2.05, 4.69) is 4.99 Å². The van der Waals surface area contributed by atoms with Crippen molar-refractivity contribution < 1.29 is 14.3 Å². The molecule has 1 rings (SSSR count). The Bertz CT molecular complexity index is 442. The second kappa shape index (κ2) is 7.24. The van der Waals surface area contributed by atoms with Crippen molar-refractivity contribution in [3.8, 4) is 0 Å². The van der Waals surface area contributed by atoms with Crippen molar-refractivity contribution in [2.75, 3.05) is 20.1 Å². The Morgan fingerprint density at radius 2 is 1.86 bits per heavy atom. The maximum atomic E-state index is 12.3. The minimum Gasteiger partial charge on any atom is -0.444 e. The van der Waals surface area contributed by atoms with Crippen LogP contribution in [0.25, 0.3) is 0 Å². The number of allylic oxidation sites excluding steroid dienone is 1. The van der Waals surface area contributed by atoms with Crippen molar-refractivity contribution in [2.24, 2.45) is 16.6 Å². The van der Waals surface area contributed by atoms with E-state index in [0.717, 1.165) is 0 Å². The number of ether oxygens (including phenoxy) is 1. The van der Waals surface area contributed by atoms with Crippen molar-refractivity contribution in [1.82, 2.24) is 4.90 Å². The zero-order valence-electron chi connectivity index (χ0n) is 13.3. The molecule has 0 aromatic heterocycles. The summed E-state index contributed by atoms with van der Waals surface area (Å²) >= 11 is 0. The maximum absolute atomic E-state index is 12.3. The van der Waals surface area contributed by atoms with E-state index >= 15 is 0 Å². The molecule has 0 aromatic carbocycles. The second-order valence-electron chi connectivity index (χ2n) is 6.12. The third-order valence-electron chi connectivity index (χ3n) is 3.25. The summed E-state index contributed by atoms with van der Waals surface area (Å²) in [5.41, 5.74) is 5.37. The summed E-state index contributed by atoms with van der Waals surface area (Å²) in [7, 11) is 1.60. The number of nitrogens with two attached hydrogens (primary N) is 1. The molecular formula is C15H25N3O3. The van der Waals surface area contributed by atoms with E-state index in [-0.39, 0.29) is 17.8 Å². The molecule has 118 valence electrons. The summed E-state index contributed by atoms with van der Waals surface area (Å²) in [5, 5.41) is 0. The number of amides is 1. The smallest absolute Gasteiger partial charge is 0.410 e. The zero-order chi connectivity index (χ0) is 16.0. The molecule has 1 amide bonds. The highest BCUT2D eigenvalue weighted by Crippen LogP contribution is 2.22. The van der Waals surface area contributed by atoms with E-state index in [4.69, 9.17) is 10.5 Å². The Hall–Kier alpha value is -1.85. The van der Waals surface area contributed by atoms with E-state index < -0.39 is 5.60 Å². The molecule has 1 aliphatic rings. The lowest BCUT2D eigenvalue weighted by atomic mass is 9.89. The lowest BCUT2D eigenvalue weighted by Gasteiger charge is -2.33. The number of hydrogen-bond acceptors (Lipinski definition) is 5. The SMILES string of the molecule is CN=CC(=CN)C(=O)C1CCN(C(=O)OC(C)(C)C)CC1. The van der Waals surface area contributed by atoms with Gasteiger partial charge in [0.25, 0.3) is 0 Å². The van der Waals surface area contributed by atoms with Crippen molar-refractivity contribution in [2.45, 2.75) is 39.2 Å². The third kappa shape index (κ3) is 5.21. The highest BCUT2D eigenvalue weighted by atomic mass is 16.6. The molecule has 0 unspecified atom stereocenters. The number of piperidine rings is 1. The van der Waals surface area contributed by atoms with Crippen molar-refractivity contribution in [3.63, 3.8) is 0 Å². The van der Waals surface area contributed by atoms with E-state index in [9.17, 15) is 9.59 Å². The van der Waals surface area contributed by atoms with Crippen LogP contribution in [0.4, 0.5) is 4.79 Å². The largest absolute Gasteiger partial charge is 0.444 e. The predicted octanol–water partition coefficient (Wildman–Crippen LogP) is 1.75. The first-order valence-corrected chi connectivity index (χ1v) is 7.14. The molecule has 0 atom stereocenters. The Balaban J connectivity index is 2.56. The fourth-order valence-electron chi connectivity index (χ4n) is 2.21. The Morgan fingerprint density at radius 3 is 2.29 bits per heavy atom. The van der Waals surface area contributed by atoms with Gasteiger partial charge in [0, 0.05) is 38.5 Å². The number of aliphatic imine (C=N–C) groups is 1. The summed E-state index contributed by atoms with van der Waals surface area (Å²) in [6.45, 7) is 6.55. The van der Waals surface area contributed by atoms with Crippen molar-refractivity contribution >= 4 is 18.1 Å². The molecule has 1 fully saturated rings. The fourth-order valence-corrected chi connectivity index (χ4v) is 2.21. The molecule has 6 nitrogen and oxygen atoms in total. The van der Waals surface area contributed by atoms with Crippen LogP contribution < -0.4 is 5.73 Å². The van der Waals surface area contributed by atoms with Crippen LogP contribution in [0.1, 0.15) is 33.6 Å². The van der Waals surface area contributed by atoms with Gasteiger partial charge in [0.2, 0.25) is 0 Å². The van der Waals surface area contributed by atoms with Crippen LogP contribution in [-0.2, 0) is 9.53 Å². The molecule has 2 N–H and O–H groups in total. The molecule has 6 heteroatoms. The van der Waals surface area contributed by atoms with Gasteiger partial charge in [-0.15, -0.1) is 0 Å². The zero-order valence-corrected chi connectivity index (χ0v) is 13.3. The van der Waals surface area contributed by atoms with E-state index in [1.165, 1.54) is 12.4 Å². The molecule has 1 heterocycles. The standard InChI is InChI=1S/C15H25N3O3/c1-15(2,3)21-14(20)18-7-5-11(6-8-18)13(19)12(9-16)10-17-4/h9-11H,5-8,16H2,1-4H3. The monoisotopic (exact) mass is 295 g/mol. The normalized spacial score (nSPS) is 18.1. The van der Waals surface area contributed by atoms with E-state index in [0.29, 0.717) is 31.5 Å². The number of ketones is 1. The van der Waals surface area contributed by atoms with Gasteiger partial charge in [-0.25, -0.2) is 4.79 Å². The highest BCUT2D eigenvalue weighted by molar-refractivity contribution is 6.14. The number of hydrogen-bond donors (Lipinski definition) is 1. The Morgan fingerprint density at radius 1 is 1.29 bits per heavy atom. The molecule has 1 saturated heterocycles. The van der Waals surface area contributed by atoms with Gasteiger partial charge in [0.05, 0.1) is 5.57 Å². The predicted molar refractivity (Wildman–Crippen MR) is 82.2 cm³/mol. The first kappa shape index (κ1) is 17.2. The lowest BCUT2D eigenvalue weighted by molar-refractivity contribution is -0.120. The molecule has 0 aromatic rings. The average molecular weight is 295 g/mol. The van der Waals surface area contributed by atoms with E-state index in [1.54, 1.807) is 11.9 Å². The molecule has 0 aliphatic carbocycles. The van der Waals surface area contributed by atoms with Crippen molar-refractivity contribution in [3.05, 3.63) is 11.8 Å². The fraction of sp³-hybridized carbons (Fsp3) is 0.667. The van der Waals surface area contributed by atoms with Gasteiger partial charge < -0.3 is 15.4 Å². The summed E-state index contributed by atoms with van der Waals surface area (Å²) < 4.78 is 5.33. The molecule has 21 heavy (non-hydrogen) atoms. The van der Waals surface area contributed by atoms with Crippen LogP contribution in [0.15, 0.2) is 16.8 Å². The molecule has 0 bridgehead atoms. The lowest BCUT2D eigenvalue weighted by Crippen LogP contribution is -2.43. The minimum atomic E-state index is -0.503.